The Bertz CT molecular complexity index is 281. The van der Waals surface area contributed by atoms with Gasteiger partial charge in [0.25, 0.3) is 0 Å². The molecule has 0 aromatic carbocycles. The van der Waals surface area contributed by atoms with Crippen LogP contribution in [0.15, 0.2) is 12.1 Å². The van der Waals surface area contributed by atoms with Crippen LogP contribution in [0.5, 0.6) is 0 Å². The Balaban J connectivity index is 2.52. The van der Waals surface area contributed by atoms with Crippen LogP contribution in [0.25, 0.3) is 0 Å². The van der Waals surface area contributed by atoms with E-state index in [9.17, 15) is 0 Å². The molecule has 0 bridgehead atoms. The number of aryl methyl sites for hydroxylation is 2. The average molecular weight is 148 g/mol. The van der Waals surface area contributed by atoms with Crippen LogP contribution in [0.4, 0.5) is 0 Å². The SMILES string of the molecule is Cc1ccc2c(n1)[C@H](N)CC2. The van der Waals surface area contributed by atoms with Crippen molar-refractivity contribution in [3.8, 4) is 0 Å². The third-order valence-electron chi connectivity index (χ3n) is 2.23. The summed E-state index contributed by atoms with van der Waals surface area (Å²) in [4.78, 5) is 4.41. The lowest BCUT2D eigenvalue weighted by Crippen LogP contribution is -2.07. The number of rotatable bonds is 0. The molecule has 0 spiro atoms. The van der Waals surface area contributed by atoms with Gasteiger partial charge in [-0.2, -0.15) is 0 Å². The summed E-state index contributed by atoms with van der Waals surface area (Å²) in [5.74, 6) is 0. The van der Waals surface area contributed by atoms with Crippen LogP contribution in [0.1, 0.15) is 29.4 Å². The van der Waals surface area contributed by atoms with E-state index in [0.29, 0.717) is 0 Å². The molecule has 1 aliphatic carbocycles. The summed E-state index contributed by atoms with van der Waals surface area (Å²) in [6.45, 7) is 2.01. The van der Waals surface area contributed by atoms with Crippen molar-refractivity contribution >= 4 is 0 Å². The normalized spacial score (nSPS) is 21.8. The first-order valence-electron chi connectivity index (χ1n) is 3.99. The zero-order chi connectivity index (χ0) is 7.84. The van der Waals surface area contributed by atoms with Gasteiger partial charge in [-0.05, 0) is 31.4 Å². The van der Waals surface area contributed by atoms with Gasteiger partial charge in [-0.3, -0.25) is 4.98 Å². The van der Waals surface area contributed by atoms with Crippen molar-refractivity contribution in [1.29, 1.82) is 0 Å². The first-order chi connectivity index (χ1) is 5.27. The van der Waals surface area contributed by atoms with Gasteiger partial charge in [0.2, 0.25) is 0 Å². The van der Waals surface area contributed by atoms with Gasteiger partial charge in [-0.1, -0.05) is 6.07 Å². The number of hydrogen-bond donors (Lipinski definition) is 1. The van der Waals surface area contributed by atoms with E-state index in [4.69, 9.17) is 5.73 Å². The third kappa shape index (κ3) is 1.03. The van der Waals surface area contributed by atoms with Gasteiger partial charge in [0.15, 0.2) is 0 Å². The lowest BCUT2D eigenvalue weighted by atomic mass is 10.2. The van der Waals surface area contributed by atoms with Crippen LogP contribution >= 0.6 is 0 Å². The summed E-state index contributed by atoms with van der Waals surface area (Å²) in [5, 5.41) is 0. The van der Waals surface area contributed by atoms with Crippen molar-refractivity contribution in [3.63, 3.8) is 0 Å². The molecule has 2 N–H and O–H groups in total. The highest BCUT2D eigenvalue weighted by atomic mass is 14.8. The molecule has 2 rings (SSSR count). The summed E-state index contributed by atoms with van der Waals surface area (Å²) in [6, 6.07) is 4.38. The molecule has 11 heavy (non-hydrogen) atoms. The van der Waals surface area contributed by atoms with Crippen molar-refractivity contribution in [1.82, 2.24) is 4.98 Å². The molecule has 58 valence electrons. The predicted octanol–water partition coefficient (Wildman–Crippen LogP) is 1.34. The Morgan fingerprint density at radius 2 is 2.36 bits per heavy atom. The van der Waals surface area contributed by atoms with E-state index in [1.54, 1.807) is 0 Å². The lowest BCUT2D eigenvalue weighted by molar-refractivity contribution is 0.696. The summed E-state index contributed by atoms with van der Waals surface area (Å²) < 4.78 is 0. The van der Waals surface area contributed by atoms with Crippen LogP contribution < -0.4 is 5.73 Å². The Labute approximate surface area is 66.4 Å². The fraction of sp³-hybridized carbons (Fsp3) is 0.444. The second-order valence-electron chi connectivity index (χ2n) is 3.14. The van der Waals surface area contributed by atoms with Gasteiger partial charge in [0.05, 0.1) is 5.69 Å². The number of aromatic nitrogens is 1. The number of fused-ring (bicyclic) bond motifs is 1. The van der Waals surface area contributed by atoms with Crippen LogP contribution in [-0.4, -0.2) is 4.98 Å². The highest BCUT2D eigenvalue weighted by molar-refractivity contribution is 5.29. The fourth-order valence-corrected chi connectivity index (χ4v) is 1.59. The molecule has 0 unspecified atom stereocenters. The van der Waals surface area contributed by atoms with Crippen molar-refractivity contribution in [2.45, 2.75) is 25.8 Å². The van der Waals surface area contributed by atoms with E-state index in [-0.39, 0.29) is 6.04 Å². The molecule has 1 atom stereocenters. The van der Waals surface area contributed by atoms with Crippen LogP contribution in [0.2, 0.25) is 0 Å². The lowest BCUT2D eigenvalue weighted by Gasteiger charge is -2.03. The maximum Gasteiger partial charge on any atom is 0.0606 e. The monoisotopic (exact) mass is 148 g/mol. The second-order valence-corrected chi connectivity index (χ2v) is 3.14. The molecular formula is C9H12N2. The van der Waals surface area contributed by atoms with Crippen molar-refractivity contribution in [3.05, 3.63) is 29.1 Å². The van der Waals surface area contributed by atoms with E-state index >= 15 is 0 Å². The minimum Gasteiger partial charge on any atom is -0.323 e. The summed E-state index contributed by atoms with van der Waals surface area (Å²) >= 11 is 0. The zero-order valence-corrected chi connectivity index (χ0v) is 6.67. The van der Waals surface area contributed by atoms with Gasteiger partial charge in [0, 0.05) is 11.7 Å². The quantitative estimate of drug-likeness (QED) is 0.603. The predicted molar refractivity (Wildman–Crippen MR) is 44.2 cm³/mol. The number of pyridine rings is 1. The Morgan fingerprint density at radius 1 is 1.55 bits per heavy atom. The van der Waals surface area contributed by atoms with Crippen molar-refractivity contribution < 1.29 is 0 Å². The first-order valence-corrected chi connectivity index (χ1v) is 3.99. The third-order valence-corrected chi connectivity index (χ3v) is 2.23. The van der Waals surface area contributed by atoms with Crippen molar-refractivity contribution in [2.24, 2.45) is 5.73 Å². The summed E-state index contributed by atoms with van der Waals surface area (Å²) in [5.41, 5.74) is 9.38. The van der Waals surface area contributed by atoms with E-state index in [0.717, 1.165) is 24.2 Å². The Hall–Kier alpha value is -0.890. The molecule has 0 saturated heterocycles. The van der Waals surface area contributed by atoms with Gasteiger partial charge in [-0.15, -0.1) is 0 Å². The molecule has 0 aliphatic heterocycles. The number of nitrogens with zero attached hydrogens (tertiary/aromatic N) is 1. The summed E-state index contributed by atoms with van der Waals surface area (Å²) in [7, 11) is 0. The van der Waals surface area contributed by atoms with Crippen molar-refractivity contribution in [2.75, 3.05) is 0 Å². The Kier molecular flexibility index (Phi) is 1.43. The second kappa shape index (κ2) is 2.31. The highest BCUT2D eigenvalue weighted by Gasteiger charge is 2.19. The van der Waals surface area contributed by atoms with Gasteiger partial charge in [0.1, 0.15) is 0 Å². The van der Waals surface area contributed by atoms with E-state index < -0.39 is 0 Å². The molecule has 0 saturated carbocycles. The maximum absolute atomic E-state index is 5.85. The topological polar surface area (TPSA) is 38.9 Å². The summed E-state index contributed by atoms with van der Waals surface area (Å²) in [6.07, 6.45) is 2.16. The Morgan fingerprint density at radius 3 is 3.18 bits per heavy atom. The molecule has 1 aliphatic rings. The molecule has 0 amide bonds. The van der Waals surface area contributed by atoms with Crippen LogP contribution in [0.3, 0.4) is 0 Å². The number of nitrogens with two attached hydrogens (primary N) is 1. The largest absolute Gasteiger partial charge is 0.323 e. The van der Waals surface area contributed by atoms with Gasteiger partial charge >= 0.3 is 0 Å². The molecule has 1 aromatic heterocycles. The highest BCUT2D eigenvalue weighted by Crippen LogP contribution is 2.26. The van der Waals surface area contributed by atoms with Crippen LogP contribution in [0, 0.1) is 6.92 Å². The first kappa shape index (κ1) is 6.80. The number of hydrogen-bond acceptors (Lipinski definition) is 2. The van der Waals surface area contributed by atoms with E-state index in [1.807, 2.05) is 6.92 Å². The molecule has 2 nitrogen and oxygen atoms in total. The molecule has 1 aromatic rings. The van der Waals surface area contributed by atoms with E-state index in [1.165, 1.54) is 5.56 Å². The molecule has 1 heterocycles. The minimum atomic E-state index is 0.185. The smallest absolute Gasteiger partial charge is 0.0606 e. The van der Waals surface area contributed by atoms with Crippen LogP contribution in [-0.2, 0) is 6.42 Å². The average Bonchev–Trinajstić information content (AvgIpc) is 2.33. The van der Waals surface area contributed by atoms with Gasteiger partial charge < -0.3 is 5.73 Å². The minimum absolute atomic E-state index is 0.185. The molecular weight excluding hydrogens is 136 g/mol. The zero-order valence-electron chi connectivity index (χ0n) is 6.67. The van der Waals surface area contributed by atoms with E-state index in [2.05, 4.69) is 17.1 Å². The maximum atomic E-state index is 5.85. The molecule has 2 heteroatoms. The van der Waals surface area contributed by atoms with Gasteiger partial charge in [-0.25, -0.2) is 0 Å². The molecule has 0 fully saturated rings. The standard InChI is InChI=1S/C9H12N2/c1-6-2-3-7-4-5-8(10)9(7)11-6/h2-3,8H,4-5,10H2,1H3/t8-/m1/s1. The molecule has 0 radical (unpaired) electrons. The fourth-order valence-electron chi connectivity index (χ4n) is 1.59.